The Bertz CT molecular complexity index is 744. The number of nitrogens with zero attached hydrogens (tertiary/aromatic N) is 2. The van der Waals surface area contributed by atoms with Gasteiger partial charge in [-0.3, -0.25) is 4.79 Å². The third-order valence-corrected chi connectivity index (χ3v) is 3.61. The van der Waals surface area contributed by atoms with Gasteiger partial charge in [-0.25, -0.2) is 4.98 Å². The maximum Gasteiger partial charge on any atom is 0.150 e. The molecule has 0 N–H and O–H groups in total. The minimum absolute atomic E-state index is 0.671. The van der Waals surface area contributed by atoms with Crippen LogP contribution in [0, 0.1) is 0 Å². The summed E-state index contributed by atoms with van der Waals surface area (Å²) in [5, 5.41) is 0. The van der Waals surface area contributed by atoms with Crippen molar-refractivity contribution in [2.75, 3.05) is 0 Å². The smallest absolute Gasteiger partial charge is 0.150 e. The highest BCUT2D eigenvalue weighted by Crippen LogP contribution is 2.17. The van der Waals surface area contributed by atoms with E-state index in [1.807, 2.05) is 31.3 Å². The maximum absolute atomic E-state index is 10.8. The van der Waals surface area contributed by atoms with Crippen molar-refractivity contribution in [3.05, 3.63) is 65.5 Å². The predicted molar refractivity (Wildman–Crippen MR) is 80.0 cm³/mol. The highest BCUT2D eigenvalue weighted by molar-refractivity contribution is 5.85. The van der Waals surface area contributed by atoms with E-state index in [9.17, 15) is 4.79 Å². The van der Waals surface area contributed by atoms with Crippen molar-refractivity contribution >= 4 is 17.3 Å². The lowest BCUT2D eigenvalue weighted by molar-refractivity contribution is 0.112. The Labute approximate surface area is 117 Å². The van der Waals surface area contributed by atoms with E-state index in [4.69, 9.17) is 0 Å². The second-order valence-corrected chi connectivity index (χ2v) is 4.94. The molecule has 0 saturated carbocycles. The lowest BCUT2D eigenvalue weighted by Crippen LogP contribution is -2.00. The van der Waals surface area contributed by atoms with E-state index < -0.39 is 0 Å². The number of aldehydes is 1. The van der Waals surface area contributed by atoms with Crippen LogP contribution in [0.15, 0.2) is 48.5 Å². The molecule has 1 heterocycles. The molecule has 3 heteroatoms. The summed E-state index contributed by atoms with van der Waals surface area (Å²) >= 11 is 0. The van der Waals surface area contributed by atoms with Gasteiger partial charge in [0, 0.05) is 19.0 Å². The molecule has 100 valence electrons. The zero-order chi connectivity index (χ0) is 13.9. The number of carbonyl (C=O) groups excluding carboxylic acids is 1. The van der Waals surface area contributed by atoms with Crippen molar-refractivity contribution in [1.82, 2.24) is 9.55 Å². The minimum atomic E-state index is 0.671. The summed E-state index contributed by atoms with van der Waals surface area (Å²) in [4.78, 5) is 15.5. The zero-order valence-corrected chi connectivity index (χ0v) is 11.4. The quantitative estimate of drug-likeness (QED) is 0.678. The molecule has 0 aliphatic heterocycles. The standard InChI is InChI=1S/C17H16N2O/c1-19-16-9-7-14(12-20)11-15(16)18-17(19)10-8-13-5-3-2-4-6-13/h2-7,9,11-12H,8,10H2,1H3. The molecule has 0 aliphatic rings. The minimum Gasteiger partial charge on any atom is -0.331 e. The fraction of sp³-hybridized carbons (Fsp3) is 0.176. The van der Waals surface area contributed by atoms with Crippen LogP contribution in [-0.2, 0) is 19.9 Å². The summed E-state index contributed by atoms with van der Waals surface area (Å²) in [6, 6.07) is 16.0. The van der Waals surface area contributed by atoms with Gasteiger partial charge in [-0.1, -0.05) is 30.3 Å². The zero-order valence-electron chi connectivity index (χ0n) is 11.4. The van der Waals surface area contributed by atoms with E-state index in [1.54, 1.807) is 0 Å². The van der Waals surface area contributed by atoms with Gasteiger partial charge in [-0.2, -0.15) is 0 Å². The molecule has 3 rings (SSSR count). The first kappa shape index (κ1) is 12.6. The summed E-state index contributed by atoms with van der Waals surface area (Å²) in [6.45, 7) is 0. The Morgan fingerprint density at radius 2 is 1.90 bits per heavy atom. The Balaban J connectivity index is 1.88. The number of hydrogen-bond donors (Lipinski definition) is 0. The third-order valence-electron chi connectivity index (χ3n) is 3.61. The molecule has 3 nitrogen and oxygen atoms in total. The van der Waals surface area contributed by atoms with E-state index in [-0.39, 0.29) is 0 Å². The summed E-state index contributed by atoms with van der Waals surface area (Å²) in [5.74, 6) is 1.05. The first-order chi connectivity index (χ1) is 9.78. The van der Waals surface area contributed by atoms with Gasteiger partial charge in [0.2, 0.25) is 0 Å². The third kappa shape index (κ3) is 2.35. The number of carbonyl (C=O) groups is 1. The lowest BCUT2D eigenvalue weighted by Gasteiger charge is -2.02. The molecule has 3 aromatic rings. The predicted octanol–water partition coefficient (Wildman–Crippen LogP) is 3.17. The maximum atomic E-state index is 10.8. The Morgan fingerprint density at radius 3 is 2.65 bits per heavy atom. The van der Waals surface area contributed by atoms with Crippen LogP contribution in [0.2, 0.25) is 0 Å². The van der Waals surface area contributed by atoms with Gasteiger partial charge in [0.1, 0.15) is 12.1 Å². The molecule has 0 saturated heterocycles. The molecule has 0 radical (unpaired) electrons. The highest BCUT2D eigenvalue weighted by Gasteiger charge is 2.08. The Morgan fingerprint density at radius 1 is 1.10 bits per heavy atom. The number of imidazole rings is 1. The molecule has 2 aromatic carbocycles. The van der Waals surface area contributed by atoms with Crippen molar-refractivity contribution in [3.63, 3.8) is 0 Å². The summed E-state index contributed by atoms with van der Waals surface area (Å²) in [6.07, 6.45) is 2.72. The molecular weight excluding hydrogens is 248 g/mol. The van der Waals surface area contributed by atoms with Crippen molar-refractivity contribution in [2.24, 2.45) is 7.05 Å². The van der Waals surface area contributed by atoms with Crippen LogP contribution < -0.4 is 0 Å². The summed E-state index contributed by atoms with van der Waals surface area (Å²) in [5.41, 5.74) is 3.94. The largest absolute Gasteiger partial charge is 0.331 e. The first-order valence-corrected chi connectivity index (χ1v) is 6.72. The Hall–Kier alpha value is -2.42. The van der Waals surface area contributed by atoms with Crippen LogP contribution in [0.3, 0.4) is 0 Å². The number of hydrogen-bond acceptors (Lipinski definition) is 2. The molecule has 1 aromatic heterocycles. The van der Waals surface area contributed by atoms with Gasteiger partial charge in [0.25, 0.3) is 0 Å². The van der Waals surface area contributed by atoms with Crippen LogP contribution in [-0.4, -0.2) is 15.8 Å². The van der Waals surface area contributed by atoms with Gasteiger partial charge >= 0.3 is 0 Å². The van der Waals surface area contributed by atoms with Crippen molar-refractivity contribution in [3.8, 4) is 0 Å². The van der Waals surface area contributed by atoms with Crippen molar-refractivity contribution in [1.29, 1.82) is 0 Å². The van der Waals surface area contributed by atoms with E-state index in [2.05, 4.69) is 33.8 Å². The molecule has 0 spiro atoms. The Kier molecular flexibility index (Phi) is 3.33. The lowest BCUT2D eigenvalue weighted by atomic mass is 10.1. The number of rotatable bonds is 4. The van der Waals surface area contributed by atoms with Gasteiger partial charge in [0.15, 0.2) is 0 Å². The second-order valence-electron chi connectivity index (χ2n) is 4.94. The summed E-state index contributed by atoms with van der Waals surface area (Å²) in [7, 11) is 2.02. The first-order valence-electron chi connectivity index (χ1n) is 6.72. The van der Waals surface area contributed by atoms with Crippen molar-refractivity contribution < 1.29 is 4.79 Å². The molecule has 0 atom stereocenters. The molecule has 20 heavy (non-hydrogen) atoms. The molecular formula is C17H16N2O. The van der Waals surface area contributed by atoms with E-state index in [1.165, 1.54) is 5.56 Å². The summed E-state index contributed by atoms with van der Waals surface area (Å²) < 4.78 is 2.10. The molecule has 0 aliphatic carbocycles. The number of aryl methyl sites for hydroxylation is 3. The molecule has 0 unspecified atom stereocenters. The second kappa shape index (κ2) is 5.29. The van der Waals surface area contributed by atoms with E-state index in [0.29, 0.717) is 5.56 Å². The fourth-order valence-corrected chi connectivity index (χ4v) is 2.46. The number of aromatic nitrogens is 2. The van der Waals surface area contributed by atoms with Crippen LogP contribution in [0.5, 0.6) is 0 Å². The topological polar surface area (TPSA) is 34.9 Å². The molecule has 0 bridgehead atoms. The molecule has 0 amide bonds. The van der Waals surface area contributed by atoms with Crippen LogP contribution in [0.1, 0.15) is 21.7 Å². The van der Waals surface area contributed by atoms with Crippen LogP contribution in [0.4, 0.5) is 0 Å². The number of benzene rings is 2. The van der Waals surface area contributed by atoms with Crippen LogP contribution >= 0.6 is 0 Å². The van der Waals surface area contributed by atoms with Crippen molar-refractivity contribution in [2.45, 2.75) is 12.8 Å². The molecule has 0 fully saturated rings. The SMILES string of the molecule is Cn1c(CCc2ccccc2)nc2cc(C=O)ccc21. The van der Waals surface area contributed by atoms with Crippen LogP contribution in [0.25, 0.3) is 11.0 Å². The van der Waals surface area contributed by atoms with Gasteiger partial charge in [-0.05, 0) is 30.2 Å². The average Bonchev–Trinajstić information content (AvgIpc) is 2.82. The van der Waals surface area contributed by atoms with Gasteiger partial charge in [0.05, 0.1) is 11.0 Å². The fourth-order valence-electron chi connectivity index (χ4n) is 2.46. The van der Waals surface area contributed by atoms with E-state index in [0.717, 1.165) is 36.0 Å². The average molecular weight is 264 g/mol. The normalized spacial score (nSPS) is 10.8. The van der Waals surface area contributed by atoms with Gasteiger partial charge < -0.3 is 4.57 Å². The monoisotopic (exact) mass is 264 g/mol. The van der Waals surface area contributed by atoms with Gasteiger partial charge in [-0.15, -0.1) is 0 Å². The van der Waals surface area contributed by atoms with E-state index >= 15 is 0 Å². The highest BCUT2D eigenvalue weighted by atomic mass is 16.1. The number of fused-ring (bicyclic) bond motifs is 1.